The average Bonchev–Trinajstić information content (AvgIpc) is 3.27. The fraction of sp³-hybridized carbons (Fsp3) is 0.579. The molecule has 0 aromatic carbocycles. The van der Waals surface area contributed by atoms with Crippen LogP contribution in [0, 0.1) is 19.8 Å². The molecular formula is C19H24N4O3S. The van der Waals surface area contributed by atoms with Gasteiger partial charge in [0, 0.05) is 30.4 Å². The van der Waals surface area contributed by atoms with Gasteiger partial charge in [0.15, 0.2) is 0 Å². The highest BCUT2D eigenvalue weighted by Crippen LogP contribution is 2.36. The Bertz CT molecular complexity index is 888. The third kappa shape index (κ3) is 3.16. The van der Waals surface area contributed by atoms with Gasteiger partial charge in [-0.2, -0.15) is 0 Å². The number of rotatable bonds is 3. The molecule has 0 unspecified atom stereocenters. The summed E-state index contributed by atoms with van der Waals surface area (Å²) in [7, 11) is 0. The summed E-state index contributed by atoms with van der Waals surface area (Å²) >= 11 is 1.69. The average molecular weight is 388 g/mol. The van der Waals surface area contributed by atoms with Crippen molar-refractivity contribution in [1.29, 1.82) is 0 Å². The van der Waals surface area contributed by atoms with Gasteiger partial charge in [0.2, 0.25) is 5.91 Å². The van der Waals surface area contributed by atoms with Crippen molar-refractivity contribution in [2.24, 2.45) is 5.92 Å². The first kappa shape index (κ1) is 18.2. The van der Waals surface area contributed by atoms with Gasteiger partial charge in [-0.3, -0.25) is 4.79 Å². The van der Waals surface area contributed by atoms with Crippen LogP contribution in [0.4, 0.5) is 5.82 Å². The lowest BCUT2D eigenvalue weighted by Gasteiger charge is -2.35. The van der Waals surface area contributed by atoms with E-state index in [4.69, 9.17) is 0 Å². The third-order valence-electron chi connectivity index (χ3n) is 5.91. The zero-order valence-corrected chi connectivity index (χ0v) is 16.5. The second-order valence-corrected chi connectivity index (χ2v) is 8.65. The molecule has 0 radical (unpaired) electrons. The maximum Gasteiger partial charge on any atom is 0.326 e. The largest absolute Gasteiger partial charge is 0.480 e. The summed E-state index contributed by atoms with van der Waals surface area (Å²) in [6, 6.07) is -0.645. The van der Waals surface area contributed by atoms with E-state index in [-0.39, 0.29) is 11.8 Å². The lowest BCUT2D eigenvalue weighted by molar-refractivity contribution is -0.150. The van der Waals surface area contributed by atoms with Gasteiger partial charge in [0.1, 0.15) is 23.0 Å². The molecule has 0 aliphatic carbocycles. The van der Waals surface area contributed by atoms with Crippen LogP contribution >= 0.6 is 11.3 Å². The van der Waals surface area contributed by atoms with Crippen molar-refractivity contribution in [3.63, 3.8) is 0 Å². The number of likely N-dealkylation sites (tertiary alicyclic amines) is 1. The number of aryl methyl sites for hydroxylation is 2. The summed E-state index contributed by atoms with van der Waals surface area (Å²) in [5, 5.41) is 10.5. The molecule has 2 fully saturated rings. The van der Waals surface area contributed by atoms with Crippen molar-refractivity contribution in [2.45, 2.75) is 45.6 Å². The SMILES string of the molecule is Cc1sc2ncnc(N3CCC(C(=O)N4CCC[C@H]4C(=O)O)CC3)c2c1C. The number of hydrogen-bond donors (Lipinski definition) is 1. The number of thiophene rings is 1. The van der Waals surface area contributed by atoms with Gasteiger partial charge in [-0.25, -0.2) is 14.8 Å². The van der Waals surface area contributed by atoms with E-state index in [0.29, 0.717) is 13.0 Å². The number of amides is 1. The van der Waals surface area contributed by atoms with E-state index in [1.165, 1.54) is 10.4 Å². The van der Waals surface area contributed by atoms with Gasteiger partial charge in [-0.1, -0.05) is 0 Å². The van der Waals surface area contributed by atoms with Crippen LogP contribution in [0.2, 0.25) is 0 Å². The molecule has 1 N–H and O–H groups in total. The number of fused-ring (bicyclic) bond motifs is 1. The van der Waals surface area contributed by atoms with E-state index >= 15 is 0 Å². The van der Waals surface area contributed by atoms with Gasteiger partial charge >= 0.3 is 5.97 Å². The molecule has 144 valence electrons. The quantitative estimate of drug-likeness (QED) is 0.870. The number of anilines is 1. The van der Waals surface area contributed by atoms with E-state index in [1.54, 1.807) is 22.6 Å². The molecule has 2 aromatic heterocycles. The summed E-state index contributed by atoms with van der Waals surface area (Å²) in [4.78, 5) is 39.3. The van der Waals surface area contributed by atoms with Crippen LogP contribution in [0.15, 0.2) is 6.33 Å². The number of aliphatic carboxylic acids is 1. The Labute approximate surface area is 162 Å². The highest BCUT2D eigenvalue weighted by atomic mass is 32.1. The van der Waals surface area contributed by atoms with E-state index in [1.807, 2.05) is 0 Å². The zero-order chi connectivity index (χ0) is 19.1. The third-order valence-corrected chi connectivity index (χ3v) is 7.03. The number of nitrogens with zero attached hydrogens (tertiary/aromatic N) is 4. The highest BCUT2D eigenvalue weighted by molar-refractivity contribution is 7.18. The van der Waals surface area contributed by atoms with Crippen LogP contribution in [0.1, 0.15) is 36.1 Å². The Hall–Kier alpha value is -2.22. The van der Waals surface area contributed by atoms with Crippen LogP contribution in [-0.2, 0) is 9.59 Å². The maximum atomic E-state index is 12.8. The minimum absolute atomic E-state index is 0.00921. The second kappa shape index (κ2) is 7.07. The molecule has 0 spiro atoms. The number of carboxylic acid groups (broad SMARTS) is 1. The van der Waals surface area contributed by atoms with Gasteiger partial charge in [0.25, 0.3) is 0 Å². The molecule has 2 aromatic rings. The van der Waals surface area contributed by atoms with Crippen molar-refractivity contribution in [3.05, 3.63) is 16.8 Å². The molecule has 0 bridgehead atoms. The van der Waals surface area contributed by atoms with Crippen LogP contribution in [0.3, 0.4) is 0 Å². The molecule has 4 rings (SSSR count). The molecule has 0 saturated carbocycles. The minimum atomic E-state index is -0.884. The molecule has 2 aliphatic rings. The monoisotopic (exact) mass is 388 g/mol. The molecule has 1 atom stereocenters. The summed E-state index contributed by atoms with van der Waals surface area (Å²) in [5.41, 5.74) is 1.23. The van der Waals surface area contributed by atoms with Crippen molar-refractivity contribution in [1.82, 2.24) is 14.9 Å². The Morgan fingerprint density at radius 3 is 2.59 bits per heavy atom. The number of aromatic nitrogens is 2. The number of carbonyl (C=O) groups excluding carboxylic acids is 1. The van der Waals surface area contributed by atoms with Gasteiger partial charge in [0.05, 0.1) is 5.39 Å². The predicted molar refractivity (Wildman–Crippen MR) is 104 cm³/mol. The van der Waals surface area contributed by atoms with E-state index < -0.39 is 12.0 Å². The first-order chi connectivity index (χ1) is 13.0. The molecule has 1 amide bonds. The van der Waals surface area contributed by atoms with Gasteiger partial charge in [-0.15, -0.1) is 11.3 Å². The Kier molecular flexibility index (Phi) is 4.75. The zero-order valence-electron chi connectivity index (χ0n) is 15.6. The number of hydrogen-bond acceptors (Lipinski definition) is 6. The Balaban J connectivity index is 1.48. The fourth-order valence-corrected chi connectivity index (χ4v) is 5.26. The standard InChI is InChI=1S/C19H24N4O3S/c1-11-12(2)27-17-15(11)16(20-10-21-17)22-8-5-13(6-9-22)18(24)23-7-3-4-14(23)19(25)26/h10,13-14H,3-9H2,1-2H3,(H,25,26)/t14-/m0/s1. The molecule has 27 heavy (non-hydrogen) atoms. The van der Waals surface area contributed by atoms with Gasteiger partial charge < -0.3 is 14.9 Å². The lowest BCUT2D eigenvalue weighted by Crippen LogP contribution is -2.46. The number of piperidine rings is 1. The summed E-state index contributed by atoms with van der Waals surface area (Å²) < 4.78 is 0. The molecule has 4 heterocycles. The Morgan fingerprint density at radius 2 is 1.89 bits per heavy atom. The smallest absolute Gasteiger partial charge is 0.326 e. The van der Waals surface area contributed by atoms with Crippen LogP contribution in [0.5, 0.6) is 0 Å². The first-order valence-electron chi connectivity index (χ1n) is 9.46. The van der Waals surface area contributed by atoms with Crippen molar-refractivity contribution in [3.8, 4) is 0 Å². The minimum Gasteiger partial charge on any atom is -0.480 e. The van der Waals surface area contributed by atoms with Crippen LogP contribution < -0.4 is 4.90 Å². The fourth-order valence-electron chi connectivity index (χ4n) is 4.26. The predicted octanol–water partition coefficient (Wildman–Crippen LogP) is 2.60. The second-order valence-electron chi connectivity index (χ2n) is 7.45. The van der Waals surface area contributed by atoms with Crippen molar-refractivity contribution >= 4 is 39.2 Å². The molecule has 7 nitrogen and oxygen atoms in total. The topological polar surface area (TPSA) is 86.6 Å². The Morgan fingerprint density at radius 1 is 1.15 bits per heavy atom. The molecule has 2 saturated heterocycles. The van der Waals surface area contributed by atoms with Crippen molar-refractivity contribution in [2.75, 3.05) is 24.5 Å². The van der Waals surface area contributed by atoms with E-state index in [0.717, 1.165) is 48.4 Å². The highest BCUT2D eigenvalue weighted by Gasteiger charge is 2.38. The maximum absolute atomic E-state index is 12.8. The summed E-state index contributed by atoms with van der Waals surface area (Å²) in [6.07, 6.45) is 4.42. The van der Waals surface area contributed by atoms with E-state index in [9.17, 15) is 14.7 Å². The van der Waals surface area contributed by atoms with E-state index in [2.05, 4.69) is 28.7 Å². The summed E-state index contributed by atoms with van der Waals surface area (Å²) in [6.45, 7) is 6.28. The van der Waals surface area contributed by atoms with Crippen LogP contribution in [0.25, 0.3) is 10.2 Å². The molecular weight excluding hydrogens is 364 g/mol. The first-order valence-corrected chi connectivity index (χ1v) is 10.3. The van der Waals surface area contributed by atoms with Crippen molar-refractivity contribution < 1.29 is 14.7 Å². The van der Waals surface area contributed by atoms with Crippen LogP contribution in [-0.4, -0.2) is 57.5 Å². The number of carboxylic acids is 1. The normalized spacial score (nSPS) is 21.2. The number of carbonyl (C=O) groups is 2. The summed E-state index contributed by atoms with van der Waals surface area (Å²) in [5.74, 6) is -0.0129. The lowest BCUT2D eigenvalue weighted by atomic mass is 9.94. The molecule has 8 heteroatoms. The van der Waals surface area contributed by atoms with Gasteiger partial charge in [-0.05, 0) is 45.1 Å². The molecule has 2 aliphatic heterocycles.